The van der Waals surface area contributed by atoms with Gasteiger partial charge in [0.15, 0.2) is 0 Å². The standard InChI is InChI=1S/C30H30F3N5O3/c1-19-23(28(39)34-18-30(31,32)33)10-11-26-24(19)17-38(36-26)16-20-12-14-37(15-13-20)29(40)22-8-6-21(7-9-22)25-4-3-5-27(35-25)41-2/h3-11,17,20H,12-16,18H2,1-2H3,(H,34,39). The Bertz CT molecular complexity index is 1560. The Labute approximate surface area is 235 Å². The second-order valence-electron chi connectivity index (χ2n) is 10.2. The highest BCUT2D eigenvalue weighted by molar-refractivity contribution is 6.00. The highest BCUT2D eigenvalue weighted by atomic mass is 19.4. The van der Waals surface area contributed by atoms with Crippen molar-refractivity contribution in [3.05, 3.63) is 77.5 Å². The maximum absolute atomic E-state index is 13.1. The molecule has 1 N–H and O–H groups in total. The molecular weight excluding hydrogens is 535 g/mol. The van der Waals surface area contributed by atoms with Gasteiger partial charge in [0.2, 0.25) is 5.88 Å². The van der Waals surface area contributed by atoms with Crippen molar-refractivity contribution in [3.8, 4) is 17.1 Å². The fraction of sp³-hybridized carbons (Fsp3) is 0.333. The van der Waals surface area contributed by atoms with Gasteiger partial charge in [0.25, 0.3) is 11.8 Å². The summed E-state index contributed by atoms with van der Waals surface area (Å²) in [4.78, 5) is 31.7. The Hall–Kier alpha value is -4.41. The molecule has 214 valence electrons. The Kier molecular flexibility index (Phi) is 7.96. The number of fused-ring (bicyclic) bond motifs is 1. The van der Waals surface area contributed by atoms with E-state index in [1.54, 1.807) is 26.2 Å². The van der Waals surface area contributed by atoms with E-state index in [1.165, 1.54) is 6.07 Å². The number of pyridine rings is 1. The lowest BCUT2D eigenvalue weighted by Crippen LogP contribution is -2.39. The number of piperidine rings is 1. The van der Waals surface area contributed by atoms with Crippen LogP contribution >= 0.6 is 0 Å². The zero-order chi connectivity index (χ0) is 29.1. The van der Waals surface area contributed by atoms with Gasteiger partial charge < -0.3 is 15.0 Å². The minimum Gasteiger partial charge on any atom is -0.481 e. The van der Waals surface area contributed by atoms with Crippen LogP contribution in [-0.2, 0) is 6.54 Å². The maximum Gasteiger partial charge on any atom is 0.405 e. The lowest BCUT2D eigenvalue weighted by molar-refractivity contribution is -0.123. The van der Waals surface area contributed by atoms with Crippen LogP contribution in [0.4, 0.5) is 13.2 Å². The van der Waals surface area contributed by atoms with Gasteiger partial charge in [-0.15, -0.1) is 0 Å². The number of benzene rings is 2. The SMILES string of the molecule is COc1cccc(-c2ccc(C(=O)N3CCC(Cn4cc5c(C)c(C(=O)NCC(F)(F)F)ccc5n4)CC3)cc2)n1. The number of ether oxygens (including phenoxy) is 1. The maximum atomic E-state index is 13.1. The van der Waals surface area contributed by atoms with E-state index in [4.69, 9.17) is 4.74 Å². The first-order valence-electron chi connectivity index (χ1n) is 13.3. The molecule has 5 rings (SSSR count). The van der Waals surface area contributed by atoms with E-state index in [9.17, 15) is 22.8 Å². The molecule has 0 bridgehead atoms. The third kappa shape index (κ3) is 6.50. The first kappa shape index (κ1) is 28.1. The molecule has 0 aliphatic carbocycles. The van der Waals surface area contributed by atoms with Crippen molar-refractivity contribution >= 4 is 22.7 Å². The normalized spacial score (nSPS) is 14.3. The van der Waals surface area contributed by atoms with E-state index < -0.39 is 18.6 Å². The molecule has 2 amide bonds. The average Bonchev–Trinajstić information content (AvgIpc) is 3.39. The van der Waals surface area contributed by atoms with Crippen LogP contribution in [-0.4, -0.2) is 64.4 Å². The second-order valence-corrected chi connectivity index (χ2v) is 10.2. The third-order valence-corrected chi connectivity index (χ3v) is 7.41. The van der Waals surface area contributed by atoms with Crippen molar-refractivity contribution in [3.63, 3.8) is 0 Å². The first-order chi connectivity index (χ1) is 19.6. The third-order valence-electron chi connectivity index (χ3n) is 7.41. The lowest BCUT2D eigenvalue weighted by Gasteiger charge is -2.32. The molecule has 4 aromatic rings. The molecule has 0 radical (unpaired) electrons. The van der Waals surface area contributed by atoms with Gasteiger partial charge in [-0.3, -0.25) is 14.3 Å². The van der Waals surface area contributed by atoms with Crippen LogP contribution in [0, 0.1) is 12.8 Å². The summed E-state index contributed by atoms with van der Waals surface area (Å²) in [5, 5.41) is 7.26. The zero-order valence-electron chi connectivity index (χ0n) is 22.7. The number of halogens is 3. The number of carbonyl (C=O) groups excluding carboxylic acids is 2. The smallest absolute Gasteiger partial charge is 0.405 e. The van der Waals surface area contributed by atoms with Crippen molar-refractivity contribution in [1.29, 1.82) is 0 Å². The van der Waals surface area contributed by atoms with Crippen LogP contribution < -0.4 is 10.1 Å². The van der Waals surface area contributed by atoms with Gasteiger partial charge in [-0.1, -0.05) is 18.2 Å². The molecule has 3 heterocycles. The summed E-state index contributed by atoms with van der Waals surface area (Å²) in [6.07, 6.45) is -1.00. The number of methoxy groups -OCH3 is 1. The van der Waals surface area contributed by atoms with Crippen LogP contribution in [0.3, 0.4) is 0 Å². The molecule has 11 heteroatoms. The van der Waals surface area contributed by atoms with Crippen molar-refractivity contribution < 1.29 is 27.5 Å². The first-order valence-corrected chi connectivity index (χ1v) is 13.3. The number of nitrogens with zero attached hydrogens (tertiary/aromatic N) is 4. The Morgan fingerprint density at radius 1 is 1.05 bits per heavy atom. The number of hydrogen-bond donors (Lipinski definition) is 1. The number of hydrogen-bond acceptors (Lipinski definition) is 5. The van der Waals surface area contributed by atoms with Crippen LogP contribution in [0.2, 0.25) is 0 Å². The van der Waals surface area contributed by atoms with Gasteiger partial charge in [0, 0.05) is 54.0 Å². The van der Waals surface area contributed by atoms with Gasteiger partial charge in [-0.2, -0.15) is 18.3 Å². The molecule has 1 saturated heterocycles. The van der Waals surface area contributed by atoms with E-state index in [-0.39, 0.29) is 11.5 Å². The summed E-state index contributed by atoms with van der Waals surface area (Å²) in [5.41, 5.74) is 3.75. The highest BCUT2D eigenvalue weighted by Gasteiger charge is 2.28. The number of amides is 2. The van der Waals surface area contributed by atoms with Crippen LogP contribution in [0.15, 0.2) is 60.8 Å². The predicted octanol–water partition coefficient (Wildman–Crippen LogP) is 5.26. The minimum absolute atomic E-state index is 0.00890. The summed E-state index contributed by atoms with van der Waals surface area (Å²) >= 11 is 0. The van der Waals surface area contributed by atoms with Gasteiger partial charge in [0.1, 0.15) is 6.54 Å². The molecule has 1 aliphatic heterocycles. The number of carbonyl (C=O) groups is 2. The van der Waals surface area contributed by atoms with Gasteiger partial charge in [-0.25, -0.2) is 4.98 Å². The van der Waals surface area contributed by atoms with Crippen molar-refractivity contribution in [2.75, 3.05) is 26.7 Å². The molecule has 8 nitrogen and oxygen atoms in total. The summed E-state index contributed by atoms with van der Waals surface area (Å²) < 4.78 is 44.5. The quantitative estimate of drug-likeness (QED) is 0.330. The van der Waals surface area contributed by atoms with E-state index in [2.05, 4.69) is 10.1 Å². The van der Waals surface area contributed by atoms with Crippen LogP contribution in [0.5, 0.6) is 5.88 Å². The number of nitrogens with one attached hydrogen (secondary N) is 1. The average molecular weight is 566 g/mol. The lowest BCUT2D eigenvalue weighted by atomic mass is 9.96. The Morgan fingerprint density at radius 3 is 2.46 bits per heavy atom. The van der Waals surface area contributed by atoms with Gasteiger partial charge >= 0.3 is 6.18 Å². The van der Waals surface area contributed by atoms with Crippen LogP contribution in [0.25, 0.3) is 22.2 Å². The van der Waals surface area contributed by atoms with Gasteiger partial charge in [0.05, 0.1) is 18.3 Å². The molecule has 2 aromatic heterocycles. The second kappa shape index (κ2) is 11.6. The van der Waals surface area contributed by atoms with Crippen LogP contribution in [0.1, 0.15) is 39.1 Å². The summed E-state index contributed by atoms with van der Waals surface area (Å²) in [5.74, 6) is 0.0640. The largest absolute Gasteiger partial charge is 0.481 e. The zero-order valence-corrected chi connectivity index (χ0v) is 22.7. The molecule has 1 aliphatic rings. The van der Waals surface area contributed by atoms with Gasteiger partial charge in [-0.05, 0) is 61.6 Å². The van der Waals surface area contributed by atoms with Crippen molar-refractivity contribution in [2.24, 2.45) is 5.92 Å². The number of rotatable bonds is 7. The Balaban J connectivity index is 1.18. The summed E-state index contributed by atoms with van der Waals surface area (Å²) in [7, 11) is 1.57. The van der Waals surface area contributed by atoms with E-state index >= 15 is 0 Å². The Morgan fingerprint density at radius 2 is 1.78 bits per heavy atom. The molecule has 2 aromatic carbocycles. The van der Waals surface area contributed by atoms with E-state index in [1.807, 2.05) is 57.5 Å². The summed E-state index contributed by atoms with van der Waals surface area (Å²) in [6, 6.07) is 16.1. The highest BCUT2D eigenvalue weighted by Crippen LogP contribution is 2.26. The molecule has 1 fully saturated rings. The number of alkyl halides is 3. The molecule has 0 saturated carbocycles. The molecule has 41 heavy (non-hydrogen) atoms. The van der Waals surface area contributed by atoms with E-state index in [0.29, 0.717) is 48.1 Å². The number of likely N-dealkylation sites (tertiary alicyclic amines) is 1. The number of aromatic nitrogens is 3. The van der Waals surface area contributed by atoms with Crippen molar-refractivity contribution in [2.45, 2.75) is 32.5 Å². The predicted molar refractivity (Wildman–Crippen MR) is 148 cm³/mol. The minimum atomic E-state index is -4.47. The number of aryl methyl sites for hydroxylation is 1. The topological polar surface area (TPSA) is 89.4 Å². The molecular formula is C30H30F3N5O3. The fourth-order valence-electron chi connectivity index (χ4n) is 5.13. The monoisotopic (exact) mass is 565 g/mol. The fourth-order valence-corrected chi connectivity index (χ4v) is 5.13. The van der Waals surface area contributed by atoms with Crippen molar-refractivity contribution in [1.82, 2.24) is 25.0 Å². The van der Waals surface area contributed by atoms with E-state index in [0.717, 1.165) is 29.5 Å². The summed E-state index contributed by atoms with van der Waals surface area (Å²) in [6.45, 7) is 2.24. The molecule has 0 spiro atoms. The molecule has 0 atom stereocenters. The molecule has 0 unspecified atom stereocenters.